The van der Waals surface area contributed by atoms with E-state index in [1.165, 1.54) is 18.4 Å². The van der Waals surface area contributed by atoms with Gasteiger partial charge in [0.15, 0.2) is 22.4 Å². The third-order valence-corrected chi connectivity index (χ3v) is 10.3. The Labute approximate surface area is 208 Å². The molecule has 1 heterocycles. The highest BCUT2D eigenvalue weighted by molar-refractivity contribution is 8.13. The Morgan fingerprint density at radius 3 is 2.69 bits per heavy atom. The lowest BCUT2D eigenvalue weighted by atomic mass is 9.49. The summed E-state index contributed by atoms with van der Waals surface area (Å²) >= 11 is 0.631. The number of alkyl halides is 2. The highest BCUT2D eigenvalue weighted by atomic mass is 32.2. The smallest absolute Gasteiger partial charge is 0.199 e. The van der Waals surface area contributed by atoms with Crippen molar-refractivity contribution >= 4 is 28.4 Å². The first-order valence-corrected chi connectivity index (χ1v) is 13.2. The molecule has 4 aliphatic rings. The fourth-order valence-electron chi connectivity index (χ4n) is 7.82. The maximum atomic E-state index is 15.6. The molecule has 0 amide bonds. The van der Waals surface area contributed by atoms with E-state index in [2.05, 4.69) is 6.08 Å². The summed E-state index contributed by atoms with van der Waals surface area (Å²) < 4.78 is 34.4. The van der Waals surface area contributed by atoms with E-state index in [0.29, 0.717) is 30.2 Å². The van der Waals surface area contributed by atoms with Gasteiger partial charge in [0.2, 0.25) is 0 Å². The lowest BCUT2D eigenvalue weighted by Gasteiger charge is -2.55. The zero-order chi connectivity index (χ0) is 25.2. The van der Waals surface area contributed by atoms with Gasteiger partial charge < -0.3 is 4.42 Å². The highest BCUT2D eigenvalue weighted by Gasteiger charge is 2.68. The summed E-state index contributed by atoms with van der Waals surface area (Å²) in [6, 6.07) is 2.36. The van der Waals surface area contributed by atoms with Crippen molar-refractivity contribution in [3.63, 3.8) is 0 Å². The molecule has 4 nitrogen and oxygen atoms in total. The summed E-state index contributed by atoms with van der Waals surface area (Å²) in [4.78, 5) is 39.0. The van der Waals surface area contributed by atoms with E-state index in [1.54, 1.807) is 12.1 Å². The van der Waals surface area contributed by atoms with Gasteiger partial charge in [0.05, 0.1) is 11.7 Å². The molecule has 5 rings (SSSR count). The number of furan rings is 1. The number of carbonyl (C=O) groups excluding carboxylic acids is 3. The van der Waals surface area contributed by atoms with E-state index in [9.17, 15) is 18.8 Å². The Balaban J connectivity index is 1.61. The molecule has 2 unspecified atom stereocenters. The molecule has 0 aromatic carbocycles. The second-order valence-electron chi connectivity index (χ2n) is 11.0. The average molecular weight is 501 g/mol. The van der Waals surface area contributed by atoms with Crippen LogP contribution in [0.1, 0.15) is 57.0 Å². The Morgan fingerprint density at radius 1 is 1.23 bits per heavy atom. The molecule has 0 saturated heterocycles. The molecule has 7 heteroatoms. The van der Waals surface area contributed by atoms with Gasteiger partial charge in [-0.15, -0.1) is 0 Å². The molecule has 35 heavy (non-hydrogen) atoms. The molecule has 0 N–H and O–H groups in total. The number of fused-ring (bicyclic) bond motifs is 5. The van der Waals surface area contributed by atoms with Crippen LogP contribution in [-0.4, -0.2) is 28.9 Å². The molecule has 2 saturated carbocycles. The van der Waals surface area contributed by atoms with Crippen LogP contribution in [-0.2, 0) is 9.59 Å². The van der Waals surface area contributed by atoms with Gasteiger partial charge in [-0.2, -0.15) is 0 Å². The van der Waals surface area contributed by atoms with Crippen molar-refractivity contribution in [2.24, 2.45) is 34.0 Å². The van der Waals surface area contributed by atoms with E-state index < -0.39 is 28.4 Å². The van der Waals surface area contributed by atoms with Gasteiger partial charge in [-0.05, 0) is 79.2 Å². The van der Waals surface area contributed by atoms with Gasteiger partial charge in [-0.3, -0.25) is 14.4 Å². The average Bonchev–Trinajstić information content (AvgIpc) is 3.42. The number of allylic oxidation sites excluding steroid dienone is 6. The molecule has 4 aliphatic carbocycles. The SMILES string of the molecule is C[C@@H]1CC2C3C[C@H](F)C4=CC(=O)C=C[C@]4(C)C3=CC[C@]2(C)[C@@]1(CC(=O)c1ccco1)C(=O)SCF. The fraction of sp³-hybridized carbons (Fsp3) is 0.536. The quantitative estimate of drug-likeness (QED) is 0.344. The molecular formula is C28H30F2O4S. The van der Waals surface area contributed by atoms with Crippen LogP contribution in [0.5, 0.6) is 0 Å². The Hall–Kier alpha value is -2.28. The fourth-order valence-corrected chi connectivity index (χ4v) is 8.68. The predicted molar refractivity (Wildman–Crippen MR) is 130 cm³/mol. The first-order valence-electron chi connectivity index (χ1n) is 12.2. The molecule has 0 bridgehead atoms. The lowest BCUT2D eigenvalue weighted by Crippen LogP contribution is -2.52. The van der Waals surface area contributed by atoms with Crippen LogP contribution in [0, 0.1) is 34.0 Å². The van der Waals surface area contributed by atoms with Crippen molar-refractivity contribution in [3.05, 3.63) is 59.6 Å². The van der Waals surface area contributed by atoms with Crippen molar-refractivity contribution in [2.45, 2.75) is 52.6 Å². The maximum absolute atomic E-state index is 15.6. The minimum atomic E-state index is -1.26. The van der Waals surface area contributed by atoms with Gasteiger partial charge >= 0.3 is 0 Å². The van der Waals surface area contributed by atoms with E-state index in [0.717, 1.165) is 5.57 Å². The van der Waals surface area contributed by atoms with Gasteiger partial charge in [0.25, 0.3) is 0 Å². The highest BCUT2D eigenvalue weighted by Crippen LogP contribution is 2.71. The summed E-state index contributed by atoms with van der Waals surface area (Å²) in [7, 11) is 0. The third-order valence-electron chi connectivity index (χ3n) is 9.58. The lowest BCUT2D eigenvalue weighted by molar-refractivity contribution is -0.130. The molecule has 7 atom stereocenters. The molecule has 1 aromatic heterocycles. The minimum Gasteiger partial charge on any atom is -0.461 e. The molecule has 2 fully saturated rings. The summed E-state index contributed by atoms with van der Waals surface area (Å²) in [5.74, 6) is -0.650. The standard InChI is InChI=1S/C28H30F2O4S/c1-16-11-20-18-13-22(30)21-12-17(31)6-8-26(21,2)19(18)7-9-27(20,3)28(16,25(33)35-15-29)14-23(32)24-5-4-10-34-24/h4-8,10,12,16,18,20,22H,9,11,13-15H2,1-3H3/t16-,18?,20?,22+,26-,27+,28-/m1/s1. The van der Waals surface area contributed by atoms with Crippen molar-refractivity contribution in [1.29, 1.82) is 0 Å². The second-order valence-corrected chi connectivity index (χ2v) is 11.8. The number of rotatable bonds is 5. The van der Waals surface area contributed by atoms with Crippen LogP contribution >= 0.6 is 11.8 Å². The van der Waals surface area contributed by atoms with Crippen molar-refractivity contribution in [2.75, 3.05) is 6.01 Å². The number of ketones is 2. The normalized spacial score (nSPS) is 39.9. The van der Waals surface area contributed by atoms with Crippen LogP contribution < -0.4 is 0 Å². The maximum Gasteiger partial charge on any atom is 0.199 e. The van der Waals surface area contributed by atoms with Gasteiger partial charge in [-0.25, -0.2) is 8.78 Å². The molecule has 0 aliphatic heterocycles. The van der Waals surface area contributed by atoms with Crippen LogP contribution in [0.25, 0.3) is 0 Å². The Morgan fingerprint density at radius 2 is 2.00 bits per heavy atom. The Bertz CT molecular complexity index is 1170. The minimum absolute atomic E-state index is 0.0475. The van der Waals surface area contributed by atoms with Gasteiger partial charge in [0.1, 0.15) is 12.2 Å². The van der Waals surface area contributed by atoms with Gasteiger partial charge in [0, 0.05) is 11.8 Å². The summed E-state index contributed by atoms with van der Waals surface area (Å²) in [6.45, 7) is 5.96. The van der Waals surface area contributed by atoms with Crippen molar-refractivity contribution < 1.29 is 27.6 Å². The van der Waals surface area contributed by atoms with E-state index >= 15 is 4.39 Å². The zero-order valence-electron chi connectivity index (χ0n) is 20.2. The number of hydrogen-bond donors (Lipinski definition) is 0. The Kier molecular flexibility index (Phi) is 5.86. The largest absolute Gasteiger partial charge is 0.461 e. The van der Waals surface area contributed by atoms with Crippen LogP contribution in [0.2, 0.25) is 0 Å². The van der Waals surface area contributed by atoms with Crippen LogP contribution in [0.4, 0.5) is 8.78 Å². The van der Waals surface area contributed by atoms with Crippen LogP contribution in [0.3, 0.4) is 0 Å². The molecule has 0 radical (unpaired) electrons. The monoisotopic (exact) mass is 500 g/mol. The molecular weight excluding hydrogens is 470 g/mol. The topological polar surface area (TPSA) is 64.3 Å². The number of thioether (sulfide) groups is 1. The number of halogens is 2. The van der Waals surface area contributed by atoms with E-state index in [1.807, 2.05) is 26.8 Å². The number of Topliss-reactive ketones (excluding diaryl/α,β-unsaturated/α-hetero) is 1. The zero-order valence-corrected chi connectivity index (χ0v) is 21.0. The molecule has 186 valence electrons. The first kappa shape index (κ1) is 24.4. The second kappa shape index (κ2) is 8.39. The number of carbonyl (C=O) groups is 3. The van der Waals surface area contributed by atoms with E-state index in [-0.39, 0.29) is 53.0 Å². The summed E-state index contributed by atoms with van der Waals surface area (Å²) in [6.07, 6.45) is 8.39. The van der Waals surface area contributed by atoms with Crippen molar-refractivity contribution in [3.8, 4) is 0 Å². The van der Waals surface area contributed by atoms with Gasteiger partial charge in [-0.1, -0.05) is 43.3 Å². The third kappa shape index (κ3) is 3.33. The summed E-state index contributed by atoms with van der Waals surface area (Å²) in [5.41, 5.74) is -0.816. The predicted octanol–water partition coefficient (Wildman–Crippen LogP) is 6.45. The first-order chi connectivity index (χ1) is 16.6. The van der Waals surface area contributed by atoms with Crippen molar-refractivity contribution in [1.82, 2.24) is 0 Å². The molecule has 0 spiro atoms. The van der Waals surface area contributed by atoms with E-state index in [4.69, 9.17) is 4.42 Å². The number of hydrogen-bond acceptors (Lipinski definition) is 5. The molecule has 1 aromatic rings. The van der Waals surface area contributed by atoms with Crippen LogP contribution in [0.15, 0.2) is 58.3 Å². The summed E-state index contributed by atoms with van der Waals surface area (Å²) in [5, 5.41) is -0.309.